The Morgan fingerprint density at radius 2 is 1.76 bits per heavy atom. The van der Waals surface area contributed by atoms with E-state index in [0.29, 0.717) is 13.1 Å². The van der Waals surface area contributed by atoms with Crippen LogP contribution in [0.5, 0.6) is 0 Å². The molecule has 0 saturated carbocycles. The van der Waals surface area contributed by atoms with E-state index in [1.165, 1.54) is 5.56 Å². The summed E-state index contributed by atoms with van der Waals surface area (Å²) >= 11 is 0. The maximum atomic E-state index is 12.4. The lowest BCUT2D eigenvalue weighted by Gasteiger charge is -2.17. The van der Waals surface area contributed by atoms with Crippen molar-refractivity contribution >= 4 is 28.7 Å². The second kappa shape index (κ2) is 11.5. The van der Waals surface area contributed by atoms with Crippen LogP contribution in [-0.2, 0) is 6.42 Å². The third kappa shape index (κ3) is 6.68. The van der Waals surface area contributed by atoms with Gasteiger partial charge in [0.05, 0.1) is 11.2 Å². The standard InChI is InChI=1S/C26H32N6O2/c1-19-17-24(22-9-5-6-10-23(22)29-19)31-26(34)28-14-16-32-15-12-21(18-32)30-25(33)27-13-11-20-7-3-2-4-8-20/h2-10,17,21H,11-16,18H2,1H3,(H2,27,30,33)(H2,28,29,31,34). The Labute approximate surface area is 200 Å². The molecule has 1 aromatic heterocycles. The Balaban J connectivity index is 1.14. The van der Waals surface area contributed by atoms with Crippen LogP contribution in [0.15, 0.2) is 60.7 Å². The molecule has 1 saturated heterocycles. The second-order valence-corrected chi connectivity index (χ2v) is 8.63. The fourth-order valence-corrected chi connectivity index (χ4v) is 4.26. The number of carbonyl (C=O) groups is 2. The number of aromatic nitrogens is 1. The lowest BCUT2D eigenvalue weighted by molar-refractivity contribution is 0.236. The number of anilines is 1. The molecule has 1 fully saturated rings. The number of fused-ring (bicyclic) bond motifs is 1. The van der Waals surface area contributed by atoms with E-state index >= 15 is 0 Å². The summed E-state index contributed by atoms with van der Waals surface area (Å²) in [5.41, 5.74) is 3.68. The monoisotopic (exact) mass is 460 g/mol. The summed E-state index contributed by atoms with van der Waals surface area (Å²) in [6, 6.07) is 19.5. The zero-order valence-electron chi connectivity index (χ0n) is 19.5. The van der Waals surface area contributed by atoms with E-state index in [-0.39, 0.29) is 18.1 Å². The fraction of sp³-hybridized carbons (Fsp3) is 0.346. The Hall–Kier alpha value is -3.65. The van der Waals surface area contributed by atoms with Gasteiger partial charge in [-0.3, -0.25) is 9.88 Å². The third-order valence-electron chi connectivity index (χ3n) is 5.96. The Kier molecular flexibility index (Phi) is 7.93. The average molecular weight is 461 g/mol. The molecule has 1 unspecified atom stereocenters. The number of hydrogen-bond acceptors (Lipinski definition) is 4. The molecule has 2 aromatic carbocycles. The number of urea groups is 2. The SMILES string of the molecule is Cc1cc(NC(=O)NCCN2CCC(NC(=O)NCCc3ccccc3)C2)c2ccccc2n1. The zero-order valence-corrected chi connectivity index (χ0v) is 19.5. The van der Waals surface area contributed by atoms with Gasteiger partial charge in [-0.05, 0) is 37.5 Å². The number of aryl methyl sites for hydroxylation is 1. The third-order valence-corrected chi connectivity index (χ3v) is 5.96. The lowest BCUT2D eigenvalue weighted by atomic mass is 10.1. The summed E-state index contributed by atoms with van der Waals surface area (Å²) in [7, 11) is 0. The van der Waals surface area contributed by atoms with E-state index in [9.17, 15) is 9.59 Å². The molecule has 1 aliphatic rings. The number of benzene rings is 2. The van der Waals surface area contributed by atoms with Crippen molar-refractivity contribution in [3.05, 3.63) is 71.9 Å². The van der Waals surface area contributed by atoms with Crippen molar-refractivity contribution in [2.24, 2.45) is 0 Å². The van der Waals surface area contributed by atoms with Crippen LogP contribution >= 0.6 is 0 Å². The number of likely N-dealkylation sites (tertiary alicyclic amines) is 1. The maximum absolute atomic E-state index is 12.4. The number of carbonyl (C=O) groups excluding carboxylic acids is 2. The van der Waals surface area contributed by atoms with Crippen LogP contribution in [0, 0.1) is 6.92 Å². The topological polar surface area (TPSA) is 98.4 Å². The van der Waals surface area contributed by atoms with Gasteiger partial charge in [-0.15, -0.1) is 0 Å². The first-order valence-electron chi connectivity index (χ1n) is 11.8. The Morgan fingerprint density at radius 3 is 2.62 bits per heavy atom. The Bertz CT molecular complexity index is 1120. The number of nitrogens with zero attached hydrogens (tertiary/aromatic N) is 2. The second-order valence-electron chi connectivity index (χ2n) is 8.63. The largest absolute Gasteiger partial charge is 0.338 e. The van der Waals surface area contributed by atoms with Gasteiger partial charge in [-0.25, -0.2) is 9.59 Å². The number of para-hydroxylation sites is 1. The average Bonchev–Trinajstić information content (AvgIpc) is 3.26. The molecule has 1 atom stereocenters. The van der Waals surface area contributed by atoms with Crippen LogP contribution in [0.3, 0.4) is 0 Å². The number of pyridine rings is 1. The van der Waals surface area contributed by atoms with Crippen LogP contribution in [0.1, 0.15) is 17.7 Å². The van der Waals surface area contributed by atoms with Gasteiger partial charge >= 0.3 is 12.1 Å². The minimum Gasteiger partial charge on any atom is -0.338 e. The molecule has 8 nitrogen and oxygen atoms in total. The van der Waals surface area contributed by atoms with E-state index in [1.54, 1.807) is 0 Å². The van der Waals surface area contributed by atoms with Crippen molar-refractivity contribution in [2.75, 3.05) is 38.0 Å². The first kappa shape index (κ1) is 23.5. The molecular formula is C26H32N6O2. The molecule has 34 heavy (non-hydrogen) atoms. The van der Waals surface area contributed by atoms with Gasteiger partial charge in [0.1, 0.15) is 0 Å². The predicted octanol–water partition coefficient (Wildman–Crippen LogP) is 3.28. The molecule has 178 valence electrons. The lowest BCUT2D eigenvalue weighted by Crippen LogP contribution is -2.44. The van der Waals surface area contributed by atoms with Crippen molar-refractivity contribution in [3.63, 3.8) is 0 Å². The van der Waals surface area contributed by atoms with Crippen LogP contribution in [0.2, 0.25) is 0 Å². The van der Waals surface area contributed by atoms with Crippen molar-refractivity contribution in [1.82, 2.24) is 25.8 Å². The van der Waals surface area contributed by atoms with Crippen LogP contribution < -0.4 is 21.3 Å². The van der Waals surface area contributed by atoms with Crippen molar-refractivity contribution in [1.29, 1.82) is 0 Å². The minimum atomic E-state index is -0.234. The molecule has 4 rings (SSSR count). The van der Waals surface area contributed by atoms with Gasteiger partial charge in [-0.2, -0.15) is 0 Å². The van der Waals surface area contributed by atoms with Gasteiger partial charge in [0.15, 0.2) is 0 Å². The predicted molar refractivity (Wildman–Crippen MR) is 135 cm³/mol. The molecule has 1 aliphatic heterocycles. The molecule has 4 N–H and O–H groups in total. The van der Waals surface area contributed by atoms with E-state index < -0.39 is 0 Å². The highest BCUT2D eigenvalue weighted by atomic mass is 16.2. The van der Waals surface area contributed by atoms with Crippen molar-refractivity contribution in [3.8, 4) is 0 Å². The van der Waals surface area contributed by atoms with E-state index in [4.69, 9.17) is 0 Å². The molecule has 3 aromatic rings. The molecule has 8 heteroatoms. The summed E-state index contributed by atoms with van der Waals surface area (Å²) in [6.07, 6.45) is 1.72. The summed E-state index contributed by atoms with van der Waals surface area (Å²) < 4.78 is 0. The highest BCUT2D eigenvalue weighted by Crippen LogP contribution is 2.22. The van der Waals surface area contributed by atoms with Crippen molar-refractivity contribution in [2.45, 2.75) is 25.8 Å². The molecule has 2 heterocycles. The fourth-order valence-electron chi connectivity index (χ4n) is 4.26. The normalized spacial score (nSPS) is 15.7. The Morgan fingerprint density at radius 1 is 1.00 bits per heavy atom. The smallest absolute Gasteiger partial charge is 0.319 e. The highest BCUT2D eigenvalue weighted by molar-refractivity contribution is 6.00. The summed E-state index contributed by atoms with van der Waals surface area (Å²) in [4.78, 5) is 31.4. The number of rotatable bonds is 8. The number of nitrogens with one attached hydrogen (secondary N) is 4. The van der Waals surface area contributed by atoms with Crippen LogP contribution in [0.25, 0.3) is 10.9 Å². The zero-order chi connectivity index (χ0) is 23.8. The first-order chi connectivity index (χ1) is 16.6. The van der Waals surface area contributed by atoms with Crippen LogP contribution in [-0.4, -0.2) is 60.7 Å². The molecule has 4 amide bonds. The highest BCUT2D eigenvalue weighted by Gasteiger charge is 2.23. The number of hydrogen-bond donors (Lipinski definition) is 4. The van der Waals surface area contributed by atoms with Gasteiger partial charge in [0, 0.05) is 49.8 Å². The number of amides is 4. The van der Waals surface area contributed by atoms with Gasteiger partial charge in [0.25, 0.3) is 0 Å². The van der Waals surface area contributed by atoms with Gasteiger partial charge < -0.3 is 21.3 Å². The van der Waals surface area contributed by atoms with Gasteiger partial charge in [-0.1, -0.05) is 48.5 Å². The minimum absolute atomic E-state index is 0.122. The van der Waals surface area contributed by atoms with E-state index in [1.807, 2.05) is 55.5 Å². The van der Waals surface area contributed by atoms with E-state index in [0.717, 1.165) is 54.8 Å². The quantitative estimate of drug-likeness (QED) is 0.415. The molecule has 0 radical (unpaired) electrons. The molecule has 0 bridgehead atoms. The molecule has 0 aliphatic carbocycles. The first-order valence-corrected chi connectivity index (χ1v) is 11.8. The van der Waals surface area contributed by atoms with Crippen LogP contribution in [0.4, 0.5) is 15.3 Å². The maximum Gasteiger partial charge on any atom is 0.319 e. The molecule has 0 spiro atoms. The summed E-state index contributed by atoms with van der Waals surface area (Å²) in [5, 5.41) is 12.8. The molecular weight excluding hydrogens is 428 g/mol. The summed E-state index contributed by atoms with van der Waals surface area (Å²) in [5.74, 6) is 0. The summed E-state index contributed by atoms with van der Waals surface area (Å²) in [6.45, 7) is 5.46. The van der Waals surface area contributed by atoms with E-state index in [2.05, 4.69) is 43.3 Å². The van der Waals surface area contributed by atoms with Crippen molar-refractivity contribution < 1.29 is 9.59 Å². The van der Waals surface area contributed by atoms with Gasteiger partial charge in [0.2, 0.25) is 0 Å².